The third-order valence-corrected chi connectivity index (χ3v) is 5.16. The Morgan fingerprint density at radius 3 is 2.48 bits per heavy atom. The van der Waals surface area contributed by atoms with Crippen LogP contribution in [0.2, 0.25) is 0 Å². The van der Waals surface area contributed by atoms with E-state index in [-0.39, 0.29) is 17.7 Å². The highest BCUT2D eigenvalue weighted by atomic mass is 19.4. The van der Waals surface area contributed by atoms with Crippen LogP contribution in [-0.2, 0) is 10.4 Å². The Hall–Kier alpha value is -2.83. The first-order valence-corrected chi connectivity index (χ1v) is 9.41. The van der Waals surface area contributed by atoms with Gasteiger partial charge in [-0.25, -0.2) is 4.99 Å². The van der Waals surface area contributed by atoms with Gasteiger partial charge in [-0.2, -0.15) is 13.2 Å². The number of hydrogen-bond acceptors (Lipinski definition) is 3. The molecule has 1 atom stereocenters. The van der Waals surface area contributed by atoms with Crippen molar-refractivity contribution in [2.24, 2.45) is 10.1 Å². The first-order chi connectivity index (χ1) is 13.7. The summed E-state index contributed by atoms with van der Waals surface area (Å²) in [6.45, 7) is 6.17. The van der Waals surface area contributed by atoms with Crippen LogP contribution in [-0.4, -0.2) is 36.7 Å². The topological polar surface area (TPSA) is 37.2 Å². The van der Waals surface area contributed by atoms with Gasteiger partial charge in [0.05, 0.1) is 17.7 Å². The van der Waals surface area contributed by atoms with Crippen molar-refractivity contribution in [3.8, 4) is 0 Å². The second-order valence-corrected chi connectivity index (χ2v) is 7.27. The van der Waals surface area contributed by atoms with Crippen LogP contribution in [0.1, 0.15) is 35.6 Å². The molecule has 0 N–H and O–H groups in total. The first-order valence-electron chi connectivity index (χ1n) is 9.41. The van der Waals surface area contributed by atoms with Crippen molar-refractivity contribution < 1.29 is 18.0 Å². The monoisotopic (exact) mass is 403 g/mol. The van der Waals surface area contributed by atoms with Gasteiger partial charge in [0, 0.05) is 25.6 Å². The van der Waals surface area contributed by atoms with Crippen LogP contribution in [0.4, 0.5) is 18.9 Å². The second kappa shape index (κ2) is 7.89. The minimum Gasteiger partial charge on any atom is -0.374 e. The van der Waals surface area contributed by atoms with E-state index in [4.69, 9.17) is 4.84 Å². The highest BCUT2D eigenvalue weighted by Crippen LogP contribution is 2.50. The summed E-state index contributed by atoms with van der Waals surface area (Å²) in [4.78, 5) is 11.5. The molecule has 0 radical (unpaired) electrons. The molecule has 1 unspecified atom stereocenters. The Morgan fingerprint density at radius 1 is 1.17 bits per heavy atom. The number of aryl methyl sites for hydroxylation is 2. The Bertz CT molecular complexity index is 938. The molecule has 154 valence electrons. The fourth-order valence-corrected chi connectivity index (χ4v) is 3.29. The molecule has 7 heteroatoms. The summed E-state index contributed by atoms with van der Waals surface area (Å²) in [5.74, 6) is 0. The van der Waals surface area contributed by atoms with E-state index in [2.05, 4.69) is 10.1 Å². The molecule has 0 fully saturated rings. The minimum atomic E-state index is -4.63. The number of benzene rings is 2. The van der Waals surface area contributed by atoms with Crippen molar-refractivity contribution in [1.29, 1.82) is 0 Å². The zero-order valence-electron chi connectivity index (χ0n) is 16.9. The third-order valence-electron chi connectivity index (χ3n) is 5.16. The summed E-state index contributed by atoms with van der Waals surface area (Å²) in [5.41, 5.74) is 0.208. The largest absolute Gasteiger partial charge is 0.435 e. The van der Waals surface area contributed by atoms with E-state index in [0.717, 1.165) is 6.54 Å². The molecule has 2 aromatic rings. The Labute approximate surface area is 168 Å². The zero-order valence-corrected chi connectivity index (χ0v) is 16.9. The van der Waals surface area contributed by atoms with Crippen molar-refractivity contribution >= 4 is 17.7 Å². The summed E-state index contributed by atoms with van der Waals surface area (Å²) < 4.78 is 42.8. The lowest BCUT2D eigenvalue weighted by molar-refractivity contribution is -0.276. The van der Waals surface area contributed by atoms with Gasteiger partial charge in [-0.15, -0.1) is 0 Å². The molecule has 0 aromatic heterocycles. The predicted molar refractivity (Wildman–Crippen MR) is 109 cm³/mol. The maximum atomic E-state index is 14.3. The highest BCUT2D eigenvalue weighted by Gasteiger charge is 2.62. The van der Waals surface area contributed by atoms with Gasteiger partial charge < -0.3 is 9.74 Å². The molecule has 1 heterocycles. The number of hydrogen-bond donors (Lipinski definition) is 0. The van der Waals surface area contributed by atoms with Gasteiger partial charge >= 0.3 is 6.18 Å². The summed E-state index contributed by atoms with van der Waals surface area (Å²) in [6.07, 6.45) is -3.33. The van der Waals surface area contributed by atoms with Crippen LogP contribution in [0.3, 0.4) is 0 Å². The molecule has 1 aliphatic rings. The van der Waals surface area contributed by atoms with Crippen LogP contribution in [0.15, 0.2) is 52.6 Å². The molecule has 0 saturated carbocycles. The van der Waals surface area contributed by atoms with Crippen molar-refractivity contribution in [2.45, 2.75) is 39.0 Å². The molecule has 4 nitrogen and oxygen atoms in total. The number of rotatable bonds is 5. The molecule has 0 aliphatic carbocycles. The number of aliphatic imine (C=N–C) groups is 1. The van der Waals surface area contributed by atoms with E-state index < -0.39 is 11.8 Å². The first kappa shape index (κ1) is 20.9. The van der Waals surface area contributed by atoms with Crippen molar-refractivity contribution in [3.63, 3.8) is 0 Å². The standard InChI is InChI=1S/C22H24F3N3O/c1-5-28(4)14-26-19-12-15(2)18(11-16(19)3)21(22(23,24)25)13-20(27-29-21)17-9-7-6-8-10-17/h6-12,14H,5,13H2,1-4H3. The van der Waals surface area contributed by atoms with E-state index in [1.165, 1.54) is 6.07 Å². The molecule has 0 bridgehead atoms. The SMILES string of the molecule is CCN(C)C=Nc1cc(C)c(C2(C(F)(F)F)CC(c3ccccc3)=NO2)cc1C. The van der Waals surface area contributed by atoms with Gasteiger partial charge in [-0.3, -0.25) is 0 Å². The van der Waals surface area contributed by atoms with Gasteiger partial charge in [0.25, 0.3) is 5.60 Å². The highest BCUT2D eigenvalue weighted by molar-refractivity contribution is 6.01. The summed E-state index contributed by atoms with van der Waals surface area (Å²) >= 11 is 0. The molecule has 29 heavy (non-hydrogen) atoms. The second-order valence-electron chi connectivity index (χ2n) is 7.27. The van der Waals surface area contributed by atoms with Crippen LogP contribution >= 0.6 is 0 Å². The van der Waals surface area contributed by atoms with Gasteiger partial charge in [0.2, 0.25) is 0 Å². The maximum absolute atomic E-state index is 14.3. The Morgan fingerprint density at radius 2 is 1.86 bits per heavy atom. The van der Waals surface area contributed by atoms with E-state index >= 15 is 0 Å². The fraction of sp³-hybridized carbons (Fsp3) is 0.364. The maximum Gasteiger partial charge on any atom is 0.435 e. The molecular weight excluding hydrogens is 379 g/mol. The lowest BCUT2D eigenvalue weighted by atomic mass is 9.83. The Balaban J connectivity index is 2.02. The zero-order chi connectivity index (χ0) is 21.2. The van der Waals surface area contributed by atoms with Crippen LogP contribution in [0, 0.1) is 13.8 Å². The molecule has 0 amide bonds. The van der Waals surface area contributed by atoms with E-state index in [9.17, 15) is 13.2 Å². The summed E-state index contributed by atoms with van der Waals surface area (Å²) in [6, 6.07) is 12.0. The number of oxime groups is 1. The van der Waals surface area contributed by atoms with Crippen molar-refractivity contribution in [1.82, 2.24) is 4.90 Å². The van der Waals surface area contributed by atoms with Gasteiger partial charge in [0.1, 0.15) is 0 Å². The van der Waals surface area contributed by atoms with E-state index in [1.807, 2.05) is 18.9 Å². The van der Waals surface area contributed by atoms with Gasteiger partial charge in [0.15, 0.2) is 0 Å². The average molecular weight is 403 g/mol. The smallest absolute Gasteiger partial charge is 0.374 e. The molecule has 1 aliphatic heterocycles. The average Bonchev–Trinajstić information content (AvgIpc) is 3.15. The van der Waals surface area contributed by atoms with Gasteiger partial charge in [-0.05, 0) is 49.6 Å². The lowest BCUT2D eigenvalue weighted by Crippen LogP contribution is -2.43. The molecule has 3 rings (SSSR count). The van der Waals surface area contributed by atoms with E-state index in [0.29, 0.717) is 22.4 Å². The van der Waals surface area contributed by atoms with E-state index in [1.54, 1.807) is 56.6 Å². The molecular formula is C22H24F3N3O. The molecule has 2 aromatic carbocycles. The third kappa shape index (κ3) is 3.99. The Kier molecular flexibility index (Phi) is 5.68. The fourth-order valence-electron chi connectivity index (χ4n) is 3.29. The summed E-state index contributed by atoms with van der Waals surface area (Å²) in [5, 5.41) is 3.83. The quantitative estimate of drug-likeness (QED) is 0.489. The van der Waals surface area contributed by atoms with Gasteiger partial charge in [-0.1, -0.05) is 35.5 Å². The predicted octanol–water partition coefficient (Wildman–Crippen LogP) is 5.50. The van der Waals surface area contributed by atoms with Crippen molar-refractivity contribution in [2.75, 3.05) is 13.6 Å². The van der Waals surface area contributed by atoms with Crippen LogP contribution < -0.4 is 0 Å². The normalized spacial score (nSPS) is 19.3. The molecule has 0 saturated heterocycles. The lowest BCUT2D eigenvalue weighted by Gasteiger charge is -2.31. The number of nitrogens with zero attached hydrogens (tertiary/aromatic N) is 3. The number of halogens is 3. The minimum absolute atomic E-state index is 0.0694. The number of alkyl halides is 3. The summed E-state index contributed by atoms with van der Waals surface area (Å²) in [7, 11) is 1.88. The van der Waals surface area contributed by atoms with Crippen LogP contribution in [0.5, 0.6) is 0 Å². The van der Waals surface area contributed by atoms with Crippen molar-refractivity contribution in [3.05, 3.63) is 64.7 Å². The molecule has 0 spiro atoms. The van der Waals surface area contributed by atoms with Crippen LogP contribution in [0.25, 0.3) is 0 Å².